The van der Waals surface area contributed by atoms with Crippen LogP contribution in [0.3, 0.4) is 0 Å². The van der Waals surface area contributed by atoms with Crippen LogP contribution >= 0.6 is 57.4 Å². The van der Waals surface area contributed by atoms with Gasteiger partial charge in [0.2, 0.25) is 5.91 Å². The van der Waals surface area contributed by atoms with Crippen molar-refractivity contribution in [3.63, 3.8) is 0 Å². The molecule has 3 aromatic rings. The maximum absolute atomic E-state index is 13.7. The van der Waals surface area contributed by atoms with Crippen molar-refractivity contribution < 1.29 is 4.79 Å². The molecule has 0 bridgehead atoms. The highest BCUT2D eigenvalue weighted by atomic mass is 127. The topological polar surface area (TPSA) is 23.6 Å². The molecule has 4 rings (SSSR count). The van der Waals surface area contributed by atoms with Crippen LogP contribution < -0.4 is 4.90 Å². The van der Waals surface area contributed by atoms with Gasteiger partial charge in [-0.3, -0.25) is 4.79 Å². The van der Waals surface area contributed by atoms with Crippen molar-refractivity contribution in [1.29, 1.82) is 0 Å². The Balaban J connectivity index is 1.66. The van der Waals surface area contributed by atoms with Gasteiger partial charge in [-0.05, 0) is 90.0 Å². The van der Waals surface area contributed by atoms with E-state index in [1.165, 1.54) is 0 Å². The summed E-state index contributed by atoms with van der Waals surface area (Å²) in [6, 6.07) is 21.5. The Morgan fingerprint density at radius 2 is 1.55 bits per heavy atom. The van der Waals surface area contributed by atoms with Gasteiger partial charge in [0.25, 0.3) is 0 Å². The molecule has 0 aromatic heterocycles. The fraction of sp³-hybridized carbons (Fsp3) is 0.269. The SMILES string of the molecule is CC(C)(C(=O)N1CCN(c2ccc(Cl)cc2Cl)[C@H](c2ccc(Cl)cc2)C1)c1ccc(I)cc1. The van der Waals surface area contributed by atoms with Crippen molar-refractivity contribution in [2.75, 3.05) is 24.5 Å². The van der Waals surface area contributed by atoms with Gasteiger partial charge in [0.1, 0.15) is 0 Å². The number of nitrogens with zero attached hydrogens (tertiary/aromatic N) is 2. The number of amides is 1. The average molecular weight is 614 g/mol. The second kappa shape index (κ2) is 10.0. The number of hydrogen-bond acceptors (Lipinski definition) is 2. The number of carbonyl (C=O) groups excluding carboxylic acids is 1. The molecule has 33 heavy (non-hydrogen) atoms. The Kier molecular flexibility index (Phi) is 7.49. The largest absolute Gasteiger partial charge is 0.360 e. The minimum atomic E-state index is -0.630. The number of benzene rings is 3. The van der Waals surface area contributed by atoms with Crippen LogP contribution in [0.15, 0.2) is 66.7 Å². The fourth-order valence-corrected chi connectivity index (χ4v) is 5.33. The van der Waals surface area contributed by atoms with Crippen molar-refractivity contribution in [2.45, 2.75) is 25.3 Å². The molecule has 3 nitrogen and oxygen atoms in total. The van der Waals surface area contributed by atoms with Crippen LogP contribution in [-0.4, -0.2) is 30.4 Å². The number of rotatable bonds is 4. The van der Waals surface area contributed by atoms with Crippen LogP contribution in [0.5, 0.6) is 0 Å². The van der Waals surface area contributed by atoms with Gasteiger partial charge < -0.3 is 9.80 Å². The van der Waals surface area contributed by atoms with E-state index in [0.717, 1.165) is 20.4 Å². The third-order valence-electron chi connectivity index (χ3n) is 6.24. The molecule has 1 fully saturated rings. The third kappa shape index (κ3) is 5.29. The van der Waals surface area contributed by atoms with Gasteiger partial charge in [-0.15, -0.1) is 0 Å². The normalized spacial score (nSPS) is 16.7. The second-order valence-electron chi connectivity index (χ2n) is 8.74. The molecular formula is C26H24Cl3IN2O. The molecule has 0 N–H and O–H groups in total. The standard InChI is InChI=1S/C26H24Cl3IN2O/c1-26(2,18-5-10-21(30)11-6-18)25(33)31-13-14-32(23-12-9-20(28)15-22(23)29)24(16-31)17-3-7-19(27)8-4-17/h3-12,15,24H,13-14,16H2,1-2H3/t24-/m0/s1. The average Bonchev–Trinajstić information content (AvgIpc) is 2.79. The molecule has 1 aliphatic rings. The zero-order valence-electron chi connectivity index (χ0n) is 18.4. The van der Waals surface area contributed by atoms with Crippen LogP contribution in [0, 0.1) is 3.57 Å². The first-order valence-corrected chi connectivity index (χ1v) is 12.9. The van der Waals surface area contributed by atoms with E-state index in [1.54, 1.807) is 6.07 Å². The molecule has 1 saturated heterocycles. The molecule has 0 aliphatic carbocycles. The van der Waals surface area contributed by atoms with Gasteiger partial charge in [-0.2, -0.15) is 0 Å². The summed E-state index contributed by atoms with van der Waals surface area (Å²) in [6.07, 6.45) is 0. The van der Waals surface area contributed by atoms with Crippen LogP contribution in [0.1, 0.15) is 31.0 Å². The molecule has 0 radical (unpaired) electrons. The molecule has 0 unspecified atom stereocenters. The van der Waals surface area contributed by atoms with Gasteiger partial charge in [-0.25, -0.2) is 0 Å². The van der Waals surface area contributed by atoms with Gasteiger partial charge in [0.15, 0.2) is 0 Å². The molecule has 1 amide bonds. The molecule has 172 valence electrons. The first-order chi connectivity index (χ1) is 15.7. The number of piperazine rings is 1. The first-order valence-electron chi connectivity index (χ1n) is 10.7. The molecule has 3 aromatic carbocycles. The number of hydrogen-bond donors (Lipinski definition) is 0. The summed E-state index contributed by atoms with van der Waals surface area (Å²) >= 11 is 21.1. The highest BCUT2D eigenvalue weighted by Crippen LogP contribution is 2.38. The van der Waals surface area contributed by atoms with E-state index < -0.39 is 5.41 Å². The summed E-state index contributed by atoms with van der Waals surface area (Å²) in [5, 5.41) is 1.87. The van der Waals surface area contributed by atoms with Crippen molar-refractivity contribution in [3.05, 3.63) is 96.5 Å². The van der Waals surface area contributed by atoms with E-state index >= 15 is 0 Å². The van der Waals surface area contributed by atoms with Gasteiger partial charge in [-0.1, -0.05) is 59.1 Å². The zero-order chi connectivity index (χ0) is 23.8. The summed E-state index contributed by atoms with van der Waals surface area (Å²) < 4.78 is 1.15. The van der Waals surface area contributed by atoms with Crippen LogP contribution in [0.25, 0.3) is 0 Å². The summed E-state index contributed by atoms with van der Waals surface area (Å²) in [5.41, 5.74) is 2.37. The third-order valence-corrected chi connectivity index (χ3v) is 7.75. The molecule has 0 spiro atoms. The predicted molar refractivity (Wildman–Crippen MR) is 147 cm³/mol. The van der Waals surface area contributed by atoms with E-state index in [0.29, 0.717) is 34.7 Å². The van der Waals surface area contributed by atoms with Crippen LogP contribution in [0.4, 0.5) is 5.69 Å². The van der Waals surface area contributed by atoms with Crippen LogP contribution in [-0.2, 0) is 10.2 Å². The molecule has 1 aliphatic heterocycles. The first kappa shape index (κ1) is 24.6. The summed E-state index contributed by atoms with van der Waals surface area (Å²) in [4.78, 5) is 18.0. The summed E-state index contributed by atoms with van der Waals surface area (Å²) in [5.74, 6) is 0.115. The number of anilines is 1. The van der Waals surface area contributed by atoms with Gasteiger partial charge in [0.05, 0.1) is 22.2 Å². The maximum atomic E-state index is 13.7. The molecule has 7 heteroatoms. The Morgan fingerprint density at radius 1 is 0.909 bits per heavy atom. The van der Waals surface area contributed by atoms with Crippen molar-refractivity contribution in [2.24, 2.45) is 0 Å². The predicted octanol–water partition coefficient (Wildman–Crippen LogP) is 7.62. The summed E-state index contributed by atoms with van der Waals surface area (Å²) in [6.45, 7) is 5.81. The molecule has 0 saturated carbocycles. The lowest BCUT2D eigenvalue weighted by molar-refractivity contribution is -0.137. The minimum Gasteiger partial charge on any atom is -0.360 e. The van der Waals surface area contributed by atoms with E-state index in [1.807, 2.05) is 79.4 Å². The number of carbonyl (C=O) groups is 1. The van der Waals surface area contributed by atoms with Gasteiger partial charge in [0, 0.05) is 33.2 Å². The van der Waals surface area contributed by atoms with Crippen molar-refractivity contribution >= 4 is 69.0 Å². The quantitative estimate of drug-likeness (QED) is 0.283. The Labute approximate surface area is 223 Å². The maximum Gasteiger partial charge on any atom is 0.232 e. The van der Waals surface area contributed by atoms with Crippen molar-refractivity contribution in [3.8, 4) is 0 Å². The minimum absolute atomic E-state index is 0.0637. The number of halogens is 4. The van der Waals surface area contributed by atoms with Crippen molar-refractivity contribution in [1.82, 2.24) is 4.90 Å². The molecular weight excluding hydrogens is 590 g/mol. The monoisotopic (exact) mass is 612 g/mol. The second-order valence-corrected chi connectivity index (χ2v) is 11.3. The Morgan fingerprint density at radius 3 is 2.18 bits per heavy atom. The van der Waals surface area contributed by atoms with Crippen LogP contribution in [0.2, 0.25) is 15.1 Å². The van der Waals surface area contributed by atoms with E-state index in [4.69, 9.17) is 34.8 Å². The highest BCUT2D eigenvalue weighted by molar-refractivity contribution is 14.1. The van der Waals surface area contributed by atoms with E-state index in [9.17, 15) is 4.79 Å². The smallest absolute Gasteiger partial charge is 0.232 e. The zero-order valence-corrected chi connectivity index (χ0v) is 22.8. The molecule has 1 atom stereocenters. The lowest BCUT2D eigenvalue weighted by atomic mass is 9.82. The lowest BCUT2D eigenvalue weighted by Crippen LogP contribution is -2.54. The highest BCUT2D eigenvalue weighted by Gasteiger charge is 2.38. The fourth-order valence-electron chi connectivity index (χ4n) is 4.33. The Bertz CT molecular complexity index is 1150. The lowest BCUT2D eigenvalue weighted by Gasteiger charge is -2.45. The van der Waals surface area contributed by atoms with E-state index in [-0.39, 0.29) is 11.9 Å². The van der Waals surface area contributed by atoms with Gasteiger partial charge >= 0.3 is 0 Å². The Hall–Kier alpha value is -1.47. The molecule has 1 heterocycles. The summed E-state index contributed by atoms with van der Waals surface area (Å²) in [7, 11) is 0. The van der Waals surface area contributed by atoms with E-state index in [2.05, 4.69) is 27.5 Å².